The SMILES string of the molecule is NC(=O)CCCNc1nc(C2CC2)ns1. The molecule has 0 aromatic carbocycles. The molecule has 5 nitrogen and oxygen atoms in total. The smallest absolute Gasteiger partial charge is 0.217 e. The van der Waals surface area contributed by atoms with E-state index in [-0.39, 0.29) is 5.91 Å². The largest absolute Gasteiger partial charge is 0.370 e. The third-order valence-electron chi connectivity index (χ3n) is 2.26. The predicted molar refractivity (Wildman–Crippen MR) is 58.8 cm³/mol. The van der Waals surface area contributed by atoms with Gasteiger partial charge in [-0.3, -0.25) is 4.79 Å². The molecule has 2 rings (SSSR count). The van der Waals surface area contributed by atoms with Gasteiger partial charge in [0, 0.05) is 30.4 Å². The van der Waals surface area contributed by atoms with Crippen LogP contribution >= 0.6 is 11.5 Å². The molecular weight excluding hydrogens is 212 g/mol. The van der Waals surface area contributed by atoms with Crippen LogP contribution in [-0.2, 0) is 4.79 Å². The Morgan fingerprint density at radius 1 is 1.60 bits per heavy atom. The zero-order chi connectivity index (χ0) is 10.7. The Morgan fingerprint density at radius 2 is 2.40 bits per heavy atom. The number of amides is 1. The monoisotopic (exact) mass is 226 g/mol. The lowest BCUT2D eigenvalue weighted by atomic mass is 10.3. The maximum absolute atomic E-state index is 10.5. The second kappa shape index (κ2) is 4.57. The maximum atomic E-state index is 10.5. The highest BCUT2D eigenvalue weighted by molar-refractivity contribution is 7.09. The van der Waals surface area contributed by atoms with Crippen molar-refractivity contribution in [2.24, 2.45) is 5.73 Å². The minimum Gasteiger partial charge on any atom is -0.370 e. The van der Waals surface area contributed by atoms with E-state index in [1.54, 1.807) is 0 Å². The highest BCUT2D eigenvalue weighted by Gasteiger charge is 2.27. The van der Waals surface area contributed by atoms with Gasteiger partial charge in [0.15, 0.2) is 0 Å². The summed E-state index contributed by atoms with van der Waals surface area (Å²) in [7, 11) is 0. The molecule has 0 saturated heterocycles. The lowest BCUT2D eigenvalue weighted by Gasteiger charge is -1.99. The van der Waals surface area contributed by atoms with Gasteiger partial charge >= 0.3 is 0 Å². The Morgan fingerprint density at radius 3 is 3.07 bits per heavy atom. The van der Waals surface area contributed by atoms with E-state index >= 15 is 0 Å². The topological polar surface area (TPSA) is 80.9 Å². The number of rotatable bonds is 6. The number of hydrogen-bond donors (Lipinski definition) is 2. The van der Waals surface area contributed by atoms with Crippen LogP contribution in [-0.4, -0.2) is 21.8 Å². The standard InChI is InChI=1S/C9H14N4OS/c10-7(14)2-1-5-11-9-12-8(13-15-9)6-3-4-6/h6H,1-5H2,(H2,10,14)(H,11,12,13). The minimum atomic E-state index is -0.257. The first-order valence-corrected chi connectivity index (χ1v) is 5.89. The molecule has 0 aliphatic heterocycles. The third-order valence-corrected chi connectivity index (χ3v) is 2.95. The number of carbonyl (C=O) groups is 1. The van der Waals surface area contributed by atoms with Crippen molar-refractivity contribution in [1.29, 1.82) is 0 Å². The predicted octanol–water partition coefficient (Wildman–Crippen LogP) is 1.09. The van der Waals surface area contributed by atoms with Gasteiger partial charge in [0.1, 0.15) is 5.82 Å². The molecule has 0 atom stereocenters. The summed E-state index contributed by atoms with van der Waals surface area (Å²) in [6.07, 6.45) is 3.60. The number of nitrogens with one attached hydrogen (secondary N) is 1. The molecule has 1 aliphatic carbocycles. The van der Waals surface area contributed by atoms with Crippen LogP contribution in [0.4, 0.5) is 5.13 Å². The molecule has 1 saturated carbocycles. The Hall–Kier alpha value is -1.17. The molecule has 1 aromatic rings. The summed E-state index contributed by atoms with van der Waals surface area (Å²) in [5, 5.41) is 3.99. The molecule has 0 spiro atoms. The summed E-state index contributed by atoms with van der Waals surface area (Å²) in [5.74, 6) is 1.31. The van der Waals surface area contributed by atoms with Gasteiger partial charge in [-0.1, -0.05) is 0 Å². The Labute approximate surface area is 92.3 Å². The summed E-state index contributed by atoms with van der Waals surface area (Å²) in [6.45, 7) is 0.724. The van der Waals surface area contributed by atoms with Crippen LogP contribution in [0.2, 0.25) is 0 Å². The van der Waals surface area contributed by atoms with Gasteiger partial charge < -0.3 is 11.1 Å². The van der Waals surface area contributed by atoms with Crippen molar-refractivity contribution < 1.29 is 4.79 Å². The highest BCUT2D eigenvalue weighted by atomic mass is 32.1. The summed E-state index contributed by atoms with van der Waals surface area (Å²) < 4.78 is 4.27. The molecule has 1 fully saturated rings. The van der Waals surface area contributed by atoms with Gasteiger partial charge in [-0.15, -0.1) is 0 Å². The number of anilines is 1. The molecule has 1 aliphatic rings. The maximum Gasteiger partial charge on any atom is 0.217 e. The van der Waals surface area contributed by atoms with Crippen molar-refractivity contribution in [2.75, 3.05) is 11.9 Å². The molecule has 1 aromatic heterocycles. The fraction of sp³-hybridized carbons (Fsp3) is 0.667. The van der Waals surface area contributed by atoms with E-state index in [9.17, 15) is 4.79 Å². The molecule has 15 heavy (non-hydrogen) atoms. The van der Waals surface area contributed by atoms with Gasteiger partial charge in [0.25, 0.3) is 0 Å². The zero-order valence-electron chi connectivity index (χ0n) is 8.40. The quantitative estimate of drug-likeness (QED) is 0.711. The van der Waals surface area contributed by atoms with Gasteiger partial charge in [-0.05, 0) is 19.3 Å². The number of hydrogen-bond acceptors (Lipinski definition) is 5. The van der Waals surface area contributed by atoms with Gasteiger partial charge in [0.2, 0.25) is 11.0 Å². The summed E-state index contributed by atoms with van der Waals surface area (Å²) in [6, 6.07) is 0. The van der Waals surface area contributed by atoms with Crippen molar-refractivity contribution >= 4 is 22.6 Å². The van der Waals surface area contributed by atoms with E-state index < -0.39 is 0 Å². The number of primary amides is 1. The fourth-order valence-corrected chi connectivity index (χ4v) is 1.94. The van der Waals surface area contributed by atoms with Crippen molar-refractivity contribution in [3.05, 3.63) is 5.82 Å². The minimum absolute atomic E-state index is 0.257. The van der Waals surface area contributed by atoms with E-state index in [2.05, 4.69) is 14.7 Å². The fourth-order valence-electron chi connectivity index (χ4n) is 1.27. The van der Waals surface area contributed by atoms with Gasteiger partial charge in [0.05, 0.1) is 0 Å². The lowest BCUT2D eigenvalue weighted by molar-refractivity contribution is -0.118. The zero-order valence-corrected chi connectivity index (χ0v) is 9.22. The Balaban J connectivity index is 1.71. The molecular formula is C9H14N4OS. The molecule has 1 heterocycles. The first-order chi connectivity index (χ1) is 7.25. The van der Waals surface area contributed by atoms with Crippen LogP contribution in [0.1, 0.15) is 37.4 Å². The van der Waals surface area contributed by atoms with E-state index in [1.807, 2.05) is 0 Å². The van der Waals surface area contributed by atoms with Crippen LogP contribution in [0, 0.1) is 0 Å². The Bertz CT molecular complexity index is 348. The van der Waals surface area contributed by atoms with E-state index in [0.29, 0.717) is 12.3 Å². The first-order valence-electron chi connectivity index (χ1n) is 5.11. The average molecular weight is 226 g/mol. The number of nitrogens with zero attached hydrogens (tertiary/aromatic N) is 2. The second-order valence-corrected chi connectivity index (χ2v) is 4.48. The van der Waals surface area contributed by atoms with Crippen LogP contribution in [0.3, 0.4) is 0 Å². The van der Waals surface area contributed by atoms with Crippen molar-refractivity contribution in [3.8, 4) is 0 Å². The van der Waals surface area contributed by atoms with Crippen molar-refractivity contribution in [2.45, 2.75) is 31.6 Å². The number of carbonyl (C=O) groups excluding carboxylic acids is 1. The van der Waals surface area contributed by atoms with E-state index in [0.717, 1.165) is 23.9 Å². The van der Waals surface area contributed by atoms with Crippen molar-refractivity contribution in [3.63, 3.8) is 0 Å². The molecule has 0 bridgehead atoms. The second-order valence-electron chi connectivity index (χ2n) is 3.73. The van der Waals surface area contributed by atoms with Gasteiger partial charge in [-0.25, -0.2) is 4.98 Å². The molecule has 0 unspecified atom stereocenters. The van der Waals surface area contributed by atoms with Crippen LogP contribution in [0.5, 0.6) is 0 Å². The average Bonchev–Trinajstić information content (AvgIpc) is 2.94. The van der Waals surface area contributed by atoms with Gasteiger partial charge in [-0.2, -0.15) is 4.37 Å². The molecule has 1 amide bonds. The Kier molecular flexibility index (Phi) is 3.15. The summed E-state index contributed by atoms with van der Waals surface area (Å²) in [5.41, 5.74) is 5.03. The number of aromatic nitrogens is 2. The highest BCUT2D eigenvalue weighted by Crippen LogP contribution is 2.39. The summed E-state index contributed by atoms with van der Waals surface area (Å²) >= 11 is 1.39. The first kappa shape index (κ1) is 10.4. The van der Waals surface area contributed by atoms with E-state index in [4.69, 9.17) is 5.73 Å². The van der Waals surface area contributed by atoms with Crippen LogP contribution < -0.4 is 11.1 Å². The summed E-state index contributed by atoms with van der Waals surface area (Å²) in [4.78, 5) is 14.9. The third kappa shape index (κ3) is 3.16. The van der Waals surface area contributed by atoms with E-state index in [1.165, 1.54) is 24.4 Å². The molecule has 82 valence electrons. The van der Waals surface area contributed by atoms with Crippen molar-refractivity contribution in [1.82, 2.24) is 9.36 Å². The lowest BCUT2D eigenvalue weighted by Crippen LogP contribution is -2.12. The molecule has 3 N–H and O–H groups in total. The molecule has 0 radical (unpaired) electrons. The normalized spacial score (nSPS) is 15.2. The van der Waals surface area contributed by atoms with Crippen LogP contribution in [0.15, 0.2) is 0 Å². The van der Waals surface area contributed by atoms with Crippen LogP contribution in [0.25, 0.3) is 0 Å². The molecule has 6 heteroatoms. The number of nitrogens with two attached hydrogens (primary N) is 1.